The first-order valence-corrected chi connectivity index (χ1v) is 6.61. The molecule has 1 aliphatic heterocycles. The van der Waals surface area contributed by atoms with Gasteiger partial charge in [0.05, 0.1) is 0 Å². The third-order valence-corrected chi connectivity index (χ3v) is 3.48. The molecule has 0 aliphatic carbocycles. The van der Waals surface area contributed by atoms with Gasteiger partial charge in [0.25, 0.3) is 0 Å². The highest BCUT2D eigenvalue weighted by atomic mass is 15.2. The second-order valence-corrected chi connectivity index (χ2v) is 5.34. The first kappa shape index (κ1) is 13.0. The Morgan fingerprint density at radius 3 is 2.53 bits per heavy atom. The predicted molar refractivity (Wildman–Crippen MR) is 67.2 cm³/mol. The average molecular weight is 212 g/mol. The van der Waals surface area contributed by atoms with Crippen molar-refractivity contribution in [3.05, 3.63) is 0 Å². The smallest absolute Gasteiger partial charge is 0.0220 e. The Kier molecular flexibility index (Phi) is 5.62. The van der Waals surface area contributed by atoms with Gasteiger partial charge in [-0.25, -0.2) is 0 Å². The van der Waals surface area contributed by atoms with Crippen molar-refractivity contribution in [1.29, 1.82) is 0 Å². The van der Waals surface area contributed by atoms with E-state index < -0.39 is 0 Å². The van der Waals surface area contributed by atoms with Crippen LogP contribution in [0.25, 0.3) is 0 Å². The summed E-state index contributed by atoms with van der Waals surface area (Å²) in [5.74, 6) is 0.763. The molecule has 2 unspecified atom stereocenters. The fourth-order valence-corrected chi connectivity index (χ4v) is 2.53. The number of rotatable bonds is 6. The maximum Gasteiger partial charge on any atom is 0.0220 e. The number of hydrogen-bond donors (Lipinski definition) is 1. The zero-order chi connectivity index (χ0) is 11.3. The summed E-state index contributed by atoms with van der Waals surface area (Å²) >= 11 is 0. The van der Waals surface area contributed by atoms with Gasteiger partial charge in [0.15, 0.2) is 0 Å². The second-order valence-electron chi connectivity index (χ2n) is 5.34. The van der Waals surface area contributed by atoms with Crippen LogP contribution in [0.1, 0.15) is 47.0 Å². The normalized spacial score (nSPS) is 25.0. The molecule has 1 aliphatic rings. The number of likely N-dealkylation sites (tertiary alicyclic amines) is 1. The summed E-state index contributed by atoms with van der Waals surface area (Å²) in [6.07, 6.45) is 4.05. The first-order chi connectivity index (χ1) is 7.15. The van der Waals surface area contributed by atoms with E-state index in [9.17, 15) is 0 Å². The Labute approximate surface area is 95.4 Å². The van der Waals surface area contributed by atoms with E-state index in [4.69, 9.17) is 0 Å². The molecule has 1 heterocycles. The van der Waals surface area contributed by atoms with Gasteiger partial charge in [0, 0.05) is 18.6 Å². The summed E-state index contributed by atoms with van der Waals surface area (Å²) in [6, 6.07) is 1.55. The van der Waals surface area contributed by atoms with Crippen LogP contribution in [0.15, 0.2) is 0 Å². The predicted octanol–water partition coefficient (Wildman–Crippen LogP) is 2.49. The van der Waals surface area contributed by atoms with Gasteiger partial charge in [-0.3, -0.25) is 4.90 Å². The van der Waals surface area contributed by atoms with E-state index in [0.29, 0.717) is 0 Å². The highest BCUT2D eigenvalue weighted by Gasteiger charge is 2.26. The van der Waals surface area contributed by atoms with Crippen molar-refractivity contribution in [3.8, 4) is 0 Å². The molecule has 0 aromatic carbocycles. The highest BCUT2D eigenvalue weighted by Crippen LogP contribution is 2.20. The maximum atomic E-state index is 3.59. The summed E-state index contributed by atoms with van der Waals surface area (Å²) < 4.78 is 0. The van der Waals surface area contributed by atoms with Crippen molar-refractivity contribution in [2.75, 3.05) is 19.6 Å². The van der Waals surface area contributed by atoms with Crippen LogP contribution in [-0.2, 0) is 0 Å². The minimum atomic E-state index is 0.751. The Bertz CT molecular complexity index is 168. The molecule has 0 amide bonds. The molecular formula is C13H28N2. The molecule has 0 aromatic heterocycles. The van der Waals surface area contributed by atoms with Crippen LogP contribution in [-0.4, -0.2) is 36.6 Å². The molecule has 0 spiro atoms. The lowest BCUT2D eigenvalue weighted by Crippen LogP contribution is -2.44. The van der Waals surface area contributed by atoms with Crippen molar-refractivity contribution < 1.29 is 0 Å². The van der Waals surface area contributed by atoms with Crippen molar-refractivity contribution in [2.45, 2.75) is 59.0 Å². The summed E-state index contributed by atoms with van der Waals surface area (Å²) in [7, 11) is 0. The molecule has 1 N–H and O–H groups in total. The fraction of sp³-hybridized carbons (Fsp3) is 1.00. The van der Waals surface area contributed by atoms with Gasteiger partial charge in [-0.1, -0.05) is 20.8 Å². The van der Waals surface area contributed by atoms with Gasteiger partial charge in [0.2, 0.25) is 0 Å². The van der Waals surface area contributed by atoms with Crippen LogP contribution < -0.4 is 5.32 Å². The van der Waals surface area contributed by atoms with E-state index in [0.717, 1.165) is 24.5 Å². The molecular weight excluding hydrogens is 184 g/mol. The van der Waals surface area contributed by atoms with Gasteiger partial charge in [-0.15, -0.1) is 0 Å². The average Bonchev–Trinajstić information content (AvgIpc) is 2.59. The molecule has 1 fully saturated rings. The van der Waals surface area contributed by atoms with Crippen LogP contribution >= 0.6 is 0 Å². The van der Waals surface area contributed by atoms with E-state index in [2.05, 4.69) is 37.9 Å². The molecule has 90 valence electrons. The lowest BCUT2D eigenvalue weighted by atomic mass is 10.1. The lowest BCUT2D eigenvalue weighted by Gasteiger charge is -2.31. The van der Waals surface area contributed by atoms with E-state index in [-0.39, 0.29) is 0 Å². The summed E-state index contributed by atoms with van der Waals surface area (Å²) in [4.78, 5) is 2.69. The molecule has 0 radical (unpaired) electrons. The zero-order valence-electron chi connectivity index (χ0n) is 10.9. The highest BCUT2D eigenvalue weighted by molar-refractivity contribution is 4.82. The molecule has 2 nitrogen and oxygen atoms in total. The zero-order valence-corrected chi connectivity index (χ0v) is 10.9. The standard InChI is InChI=1S/C13H28N2/c1-5-13(10-14-9-11(2)3)15-8-6-7-12(15)4/h11-14H,5-10H2,1-4H3. The SMILES string of the molecule is CCC(CNCC(C)C)N1CCCC1C. The Balaban J connectivity index is 2.28. The number of nitrogens with one attached hydrogen (secondary N) is 1. The van der Waals surface area contributed by atoms with Crippen LogP contribution in [0.2, 0.25) is 0 Å². The minimum Gasteiger partial charge on any atom is -0.315 e. The van der Waals surface area contributed by atoms with E-state index in [1.165, 1.54) is 32.4 Å². The first-order valence-electron chi connectivity index (χ1n) is 6.61. The summed E-state index contributed by atoms with van der Waals surface area (Å²) in [5.41, 5.74) is 0. The van der Waals surface area contributed by atoms with Crippen molar-refractivity contribution in [3.63, 3.8) is 0 Å². The van der Waals surface area contributed by atoms with Gasteiger partial charge < -0.3 is 5.32 Å². The van der Waals surface area contributed by atoms with E-state index >= 15 is 0 Å². The Morgan fingerprint density at radius 2 is 2.07 bits per heavy atom. The molecule has 2 atom stereocenters. The van der Waals surface area contributed by atoms with Gasteiger partial charge in [-0.2, -0.15) is 0 Å². The van der Waals surface area contributed by atoms with Crippen molar-refractivity contribution in [2.24, 2.45) is 5.92 Å². The summed E-state index contributed by atoms with van der Waals surface area (Å²) in [5, 5.41) is 3.59. The fourth-order valence-electron chi connectivity index (χ4n) is 2.53. The van der Waals surface area contributed by atoms with Crippen LogP contribution in [0.5, 0.6) is 0 Å². The van der Waals surface area contributed by atoms with Gasteiger partial charge in [0.1, 0.15) is 0 Å². The minimum absolute atomic E-state index is 0.751. The molecule has 2 heteroatoms. The third kappa shape index (κ3) is 4.12. The van der Waals surface area contributed by atoms with E-state index in [1.54, 1.807) is 0 Å². The molecule has 0 bridgehead atoms. The lowest BCUT2D eigenvalue weighted by molar-refractivity contribution is 0.179. The largest absolute Gasteiger partial charge is 0.315 e. The van der Waals surface area contributed by atoms with E-state index in [1.807, 2.05) is 0 Å². The third-order valence-electron chi connectivity index (χ3n) is 3.48. The molecule has 1 saturated heterocycles. The van der Waals surface area contributed by atoms with Crippen molar-refractivity contribution >= 4 is 0 Å². The number of nitrogens with zero attached hydrogens (tertiary/aromatic N) is 1. The maximum absolute atomic E-state index is 3.59. The Morgan fingerprint density at radius 1 is 1.33 bits per heavy atom. The molecule has 0 saturated carbocycles. The van der Waals surface area contributed by atoms with Crippen LogP contribution in [0.3, 0.4) is 0 Å². The molecule has 1 rings (SSSR count). The molecule has 15 heavy (non-hydrogen) atoms. The Hall–Kier alpha value is -0.0800. The van der Waals surface area contributed by atoms with Gasteiger partial charge in [-0.05, 0) is 45.2 Å². The number of hydrogen-bond acceptors (Lipinski definition) is 2. The van der Waals surface area contributed by atoms with Crippen molar-refractivity contribution in [1.82, 2.24) is 10.2 Å². The second kappa shape index (κ2) is 6.49. The molecule has 0 aromatic rings. The van der Waals surface area contributed by atoms with Crippen LogP contribution in [0.4, 0.5) is 0 Å². The van der Waals surface area contributed by atoms with Crippen LogP contribution in [0, 0.1) is 5.92 Å². The topological polar surface area (TPSA) is 15.3 Å². The monoisotopic (exact) mass is 212 g/mol. The van der Waals surface area contributed by atoms with Gasteiger partial charge >= 0.3 is 0 Å². The summed E-state index contributed by atoms with van der Waals surface area (Å²) in [6.45, 7) is 12.9. The quantitative estimate of drug-likeness (QED) is 0.728.